The Labute approximate surface area is 65.7 Å². The zero-order valence-electron chi connectivity index (χ0n) is 7.07. The van der Waals surface area contributed by atoms with Crippen LogP contribution in [0.5, 0.6) is 5.75 Å². The first-order chi connectivity index (χ1) is 5.25. The minimum Gasteiger partial charge on any atom is -0.507 e. The number of esters is 1. The van der Waals surface area contributed by atoms with E-state index in [1.54, 1.807) is 12.1 Å². The highest BCUT2D eigenvalue weighted by atomic mass is 16.5. The van der Waals surface area contributed by atoms with Gasteiger partial charge in [0.1, 0.15) is 11.3 Å². The monoisotopic (exact) mass is 153 g/mol. The van der Waals surface area contributed by atoms with Crippen molar-refractivity contribution in [1.29, 1.82) is 0 Å². The molecule has 0 atom stereocenters. The Balaban J connectivity index is 0.00000121. The second-order valence-corrected chi connectivity index (χ2v) is 2.01. The van der Waals surface area contributed by atoms with E-state index in [-0.39, 0.29) is 12.7 Å². The summed E-state index contributed by atoms with van der Waals surface area (Å²) in [5, 5.41) is 9.11. The van der Waals surface area contributed by atoms with Gasteiger partial charge in [0.2, 0.25) is 0 Å². The minimum absolute atomic E-state index is 0. The number of rotatable bonds is 1. The van der Waals surface area contributed by atoms with Crippen molar-refractivity contribution in [3.05, 3.63) is 29.8 Å². The van der Waals surface area contributed by atoms with Crippen LogP contribution in [0.4, 0.5) is 0 Å². The number of ether oxygens (including phenoxy) is 1. The molecule has 0 aliphatic carbocycles. The van der Waals surface area contributed by atoms with Gasteiger partial charge in [-0.05, 0) is 12.1 Å². The molecule has 0 unspecified atom stereocenters. The summed E-state index contributed by atoms with van der Waals surface area (Å²) in [6, 6.07) is 6.24. The van der Waals surface area contributed by atoms with Crippen molar-refractivity contribution in [3.63, 3.8) is 0 Å². The number of aromatic hydroxyl groups is 1. The standard InChI is InChI=1S/C8H8O3/c1-11-8(10)6-4-2-3-5-7(6)9/h2-5,9H,1H3/p+1. The molecule has 0 aliphatic rings. The molecule has 0 saturated heterocycles. The zero-order chi connectivity index (χ0) is 8.27. The minimum atomic E-state index is -0.525. The van der Waals surface area contributed by atoms with Gasteiger partial charge < -0.3 is 9.84 Å². The van der Waals surface area contributed by atoms with Crippen LogP contribution >= 0.6 is 0 Å². The first-order valence-corrected chi connectivity index (χ1v) is 3.12. The van der Waals surface area contributed by atoms with Crippen LogP contribution in [0.2, 0.25) is 0 Å². The number of methoxy groups -OCH3 is 1. The van der Waals surface area contributed by atoms with E-state index in [2.05, 4.69) is 4.74 Å². The number of phenols is 1. The van der Waals surface area contributed by atoms with Crippen LogP contribution in [0, 0.1) is 0 Å². The molecule has 0 amide bonds. The fraction of sp³-hybridized carbons (Fsp3) is 0.125. The Morgan fingerprint density at radius 3 is 2.73 bits per heavy atom. The van der Waals surface area contributed by atoms with Gasteiger partial charge in [-0.1, -0.05) is 12.1 Å². The highest BCUT2D eigenvalue weighted by molar-refractivity contribution is 5.92. The normalized spacial score (nSPS) is 9.18. The van der Waals surface area contributed by atoms with Crippen LogP contribution in [0.15, 0.2) is 24.3 Å². The lowest BCUT2D eigenvalue weighted by atomic mass is 10.2. The molecule has 1 N–H and O–H groups in total. The average molecular weight is 153 g/mol. The number of hydrogen-bond donors (Lipinski definition) is 1. The largest absolute Gasteiger partial charge is 1.00 e. The van der Waals surface area contributed by atoms with Crippen molar-refractivity contribution in [3.8, 4) is 5.75 Å². The molecule has 0 radical (unpaired) electrons. The van der Waals surface area contributed by atoms with Crippen LogP contribution in [0.3, 0.4) is 0 Å². The van der Waals surface area contributed by atoms with Gasteiger partial charge >= 0.3 is 7.40 Å². The van der Waals surface area contributed by atoms with Crippen LogP contribution in [0.1, 0.15) is 11.8 Å². The molecule has 0 aliphatic heterocycles. The van der Waals surface area contributed by atoms with Gasteiger partial charge in [-0.3, -0.25) is 0 Å². The summed E-state index contributed by atoms with van der Waals surface area (Å²) < 4.78 is 4.42. The Hall–Kier alpha value is -1.51. The molecule has 0 saturated carbocycles. The Morgan fingerprint density at radius 2 is 2.18 bits per heavy atom. The van der Waals surface area contributed by atoms with Crippen molar-refractivity contribution >= 4 is 5.97 Å². The van der Waals surface area contributed by atoms with Gasteiger partial charge in [0, 0.05) is 0 Å². The summed E-state index contributed by atoms with van der Waals surface area (Å²) in [6.07, 6.45) is 0. The molecular formula is C8H9O3+. The zero-order valence-corrected chi connectivity index (χ0v) is 6.07. The molecule has 1 aromatic carbocycles. The predicted octanol–water partition coefficient (Wildman–Crippen LogP) is 1.29. The molecule has 0 bridgehead atoms. The lowest BCUT2D eigenvalue weighted by Crippen LogP contribution is -2.00. The van der Waals surface area contributed by atoms with Crippen molar-refractivity contribution < 1.29 is 16.1 Å². The van der Waals surface area contributed by atoms with Gasteiger partial charge in [0.25, 0.3) is 0 Å². The van der Waals surface area contributed by atoms with E-state index in [1.165, 1.54) is 19.2 Å². The Morgan fingerprint density at radius 1 is 1.55 bits per heavy atom. The van der Waals surface area contributed by atoms with Crippen molar-refractivity contribution in [2.75, 3.05) is 7.11 Å². The second-order valence-electron chi connectivity index (χ2n) is 2.01. The fourth-order valence-corrected chi connectivity index (χ4v) is 0.756. The fourth-order valence-electron chi connectivity index (χ4n) is 0.756. The van der Waals surface area contributed by atoms with E-state index in [0.717, 1.165) is 0 Å². The second kappa shape index (κ2) is 3.05. The van der Waals surface area contributed by atoms with Crippen LogP contribution in [-0.2, 0) is 4.74 Å². The number of benzene rings is 1. The maximum atomic E-state index is 10.9. The third-order valence-corrected chi connectivity index (χ3v) is 1.31. The van der Waals surface area contributed by atoms with Crippen LogP contribution < -0.4 is 0 Å². The number of hydrogen-bond acceptors (Lipinski definition) is 3. The number of phenolic OH excluding ortho intramolecular Hbond substituents is 1. The number of carbonyl (C=O) groups excluding carboxylic acids is 1. The summed E-state index contributed by atoms with van der Waals surface area (Å²) in [6.45, 7) is 0. The van der Waals surface area contributed by atoms with Crippen molar-refractivity contribution in [2.45, 2.75) is 0 Å². The quantitative estimate of drug-likeness (QED) is 0.618. The van der Waals surface area contributed by atoms with Crippen molar-refractivity contribution in [1.82, 2.24) is 0 Å². The smallest absolute Gasteiger partial charge is 0.507 e. The summed E-state index contributed by atoms with van der Waals surface area (Å²) in [4.78, 5) is 10.9. The molecule has 3 nitrogen and oxygen atoms in total. The summed E-state index contributed by atoms with van der Waals surface area (Å²) >= 11 is 0. The highest BCUT2D eigenvalue weighted by Gasteiger charge is 2.08. The van der Waals surface area contributed by atoms with E-state index in [9.17, 15) is 4.79 Å². The van der Waals surface area contributed by atoms with Gasteiger partial charge in [-0.2, -0.15) is 0 Å². The first kappa shape index (κ1) is 7.60. The molecule has 3 heteroatoms. The number of para-hydroxylation sites is 1. The van der Waals surface area contributed by atoms with Crippen LogP contribution in [0.25, 0.3) is 0 Å². The maximum absolute atomic E-state index is 10.9. The third-order valence-electron chi connectivity index (χ3n) is 1.31. The SMILES string of the molecule is COC(=O)c1ccccc1O.[H+]. The Bertz CT molecular complexity index is 273. The molecule has 1 aromatic rings. The predicted molar refractivity (Wildman–Crippen MR) is 40.6 cm³/mol. The Kier molecular flexibility index (Phi) is 2.11. The first-order valence-electron chi connectivity index (χ1n) is 3.12. The summed E-state index contributed by atoms with van der Waals surface area (Å²) in [7, 11) is 1.27. The molecule has 0 heterocycles. The molecule has 1 rings (SSSR count). The molecule has 11 heavy (non-hydrogen) atoms. The van der Waals surface area contributed by atoms with Gasteiger partial charge in [-0.25, -0.2) is 4.79 Å². The van der Waals surface area contributed by atoms with E-state index in [1.807, 2.05) is 0 Å². The van der Waals surface area contributed by atoms with Crippen molar-refractivity contribution in [2.24, 2.45) is 0 Å². The molecule has 0 spiro atoms. The van der Waals surface area contributed by atoms with E-state index in [4.69, 9.17) is 5.11 Å². The molecular weight excluding hydrogens is 144 g/mol. The highest BCUT2D eigenvalue weighted by Crippen LogP contribution is 2.15. The summed E-state index contributed by atoms with van der Waals surface area (Å²) in [5.41, 5.74) is 0.190. The topological polar surface area (TPSA) is 46.5 Å². The number of carbonyl (C=O) groups is 1. The van der Waals surface area contributed by atoms with E-state index >= 15 is 0 Å². The van der Waals surface area contributed by atoms with Gasteiger partial charge in [0.05, 0.1) is 7.11 Å². The summed E-state index contributed by atoms with van der Waals surface area (Å²) in [5.74, 6) is -0.581. The third kappa shape index (κ3) is 1.49. The lowest BCUT2D eigenvalue weighted by Gasteiger charge is -1.99. The average Bonchev–Trinajstić information content (AvgIpc) is 2.04. The molecule has 0 fully saturated rings. The lowest BCUT2D eigenvalue weighted by molar-refractivity contribution is 0.0597. The van der Waals surface area contributed by atoms with Crippen LogP contribution in [-0.4, -0.2) is 18.2 Å². The molecule has 0 aromatic heterocycles. The maximum Gasteiger partial charge on any atom is 1.00 e. The van der Waals surface area contributed by atoms with Gasteiger partial charge in [-0.15, -0.1) is 0 Å². The van der Waals surface area contributed by atoms with E-state index < -0.39 is 5.97 Å². The molecule has 58 valence electrons. The van der Waals surface area contributed by atoms with E-state index in [0.29, 0.717) is 0 Å². The van der Waals surface area contributed by atoms with Gasteiger partial charge in [0.15, 0.2) is 0 Å².